The second-order valence-electron chi connectivity index (χ2n) is 4.84. The van der Waals surface area contributed by atoms with Gasteiger partial charge in [0, 0.05) is 12.8 Å². The van der Waals surface area contributed by atoms with Crippen LogP contribution in [0, 0.1) is 11.8 Å². The van der Waals surface area contributed by atoms with E-state index in [1.807, 2.05) is 6.07 Å². The van der Waals surface area contributed by atoms with Gasteiger partial charge in [0.15, 0.2) is 0 Å². The molecular formula is C14H13NO3. The van der Waals surface area contributed by atoms with Gasteiger partial charge in [-0.1, -0.05) is 18.2 Å². The Hall–Kier alpha value is -1.97. The molecular weight excluding hydrogens is 230 g/mol. The number of para-hydroxylation sites is 1. The van der Waals surface area contributed by atoms with Crippen LogP contribution in [0.4, 0.5) is 5.69 Å². The van der Waals surface area contributed by atoms with Gasteiger partial charge in [-0.25, -0.2) is 0 Å². The fourth-order valence-corrected chi connectivity index (χ4v) is 2.83. The Morgan fingerprint density at radius 1 is 0.944 bits per heavy atom. The van der Waals surface area contributed by atoms with Crippen molar-refractivity contribution in [1.29, 1.82) is 0 Å². The highest BCUT2D eigenvalue weighted by Crippen LogP contribution is 2.38. The lowest BCUT2D eigenvalue weighted by atomic mass is 9.80. The Labute approximate surface area is 105 Å². The molecule has 0 bridgehead atoms. The van der Waals surface area contributed by atoms with E-state index in [0.29, 0.717) is 18.5 Å². The molecule has 1 aromatic rings. The number of ketones is 1. The second kappa shape index (κ2) is 4.05. The number of fused-ring (bicyclic) bond motifs is 1. The first-order valence-electron chi connectivity index (χ1n) is 6.13. The third-order valence-corrected chi connectivity index (χ3v) is 3.76. The Bertz CT molecular complexity index is 523. The van der Waals surface area contributed by atoms with Gasteiger partial charge >= 0.3 is 0 Å². The van der Waals surface area contributed by atoms with Crippen LogP contribution >= 0.6 is 0 Å². The maximum Gasteiger partial charge on any atom is 0.238 e. The van der Waals surface area contributed by atoms with Crippen LogP contribution in [-0.4, -0.2) is 17.6 Å². The maximum absolute atomic E-state index is 12.3. The monoisotopic (exact) mass is 243 g/mol. The SMILES string of the molecule is O=C1CC[C@@H]2C(=O)N(c3ccccc3)C(=O)[C@@H]2C1. The van der Waals surface area contributed by atoms with Crippen molar-refractivity contribution in [2.24, 2.45) is 11.8 Å². The Morgan fingerprint density at radius 3 is 2.33 bits per heavy atom. The first-order chi connectivity index (χ1) is 8.68. The van der Waals surface area contributed by atoms with Gasteiger partial charge in [-0.15, -0.1) is 0 Å². The zero-order valence-electron chi connectivity index (χ0n) is 9.83. The molecule has 18 heavy (non-hydrogen) atoms. The number of amides is 2. The zero-order valence-corrected chi connectivity index (χ0v) is 9.83. The lowest BCUT2D eigenvalue weighted by Crippen LogP contribution is -2.30. The number of rotatable bonds is 1. The highest BCUT2D eigenvalue weighted by atomic mass is 16.2. The molecule has 1 aromatic carbocycles. The molecule has 2 atom stereocenters. The summed E-state index contributed by atoms with van der Waals surface area (Å²) in [6, 6.07) is 8.92. The Morgan fingerprint density at radius 2 is 1.61 bits per heavy atom. The van der Waals surface area contributed by atoms with Crippen molar-refractivity contribution in [1.82, 2.24) is 0 Å². The van der Waals surface area contributed by atoms with Crippen molar-refractivity contribution in [3.63, 3.8) is 0 Å². The number of hydrogen-bond acceptors (Lipinski definition) is 3. The number of nitrogens with zero attached hydrogens (tertiary/aromatic N) is 1. The molecule has 4 nitrogen and oxygen atoms in total. The summed E-state index contributed by atoms with van der Waals surface area (Å²) in [6.07, 6.45) is 1.15. The fraction of sp³-hybridized carbons (Fsp3) is 0.357. The molecule has 1 saturated heterocycles. The quantitative estimate of drug-likeness (QED) is 0.703. The average Bonchev–Trinajstić information content (AvgIpc) is 2.63. The third-order valence-electron chi connectivity index (χ3n) is 3.76. The van der Waals surface area contributed by atoms with E-state index >= 15 is 0 Å². The molecule has 4 heteroatoms. The van der Waals surface area contributed by atoms with Crippen molar-refractivity contribution >= 4 is 23.3 Å². The first-order valence-corrected chi connectivity index (χ1v) is 6.13. The van der Waals surface area contributed by atoms with Crippen LogP contribution in [0.5, 0.6) is 0 Å². The molecule has 0 N–H and O–H groups in total. The molecule has 0 unspecified atom stereocenters. The Balaban J connectivity index is 1.96. The number of imide groups is 1. The number of hydrogen-bond donors (Lipinski definition) is 0. The molecule has 92 valence electrons. The number of carbonyl (C=O) groups is 3. The number of benzene rings is 1. The highest BCUT2D eigenvalue weighted by molar-refractivity contribution is 6.23. The van der Waals surface area contributed by atoms with Crippen LogP contribution in [0.15, 0.2) is 30.3 Å². The van der Waals surface area contributed by atoms with Crippen molar-refractivity contribution in [3.05, 3.63) is 30.3 Å². The minimum Gasteiger partial charge on any atom is -0.300 e. The van der Waals surface area contributed by atoms with Gasteiger partial charge in [-0.05, 0) is 18.6 Å². The predicted molar refractivity (Wildman–Crippen MR) is 64.8 cm³/mol. The van der Waals surface area contributed by atoms with Gasteiger partial charge in [0.2, 0.25) is 11.8 Å². The molecule has 2 aliphatic rings. The van der Waals surface area contributed by atoms with Gasteiger partial charge in [0.1, 0.15) is 5.78 Å². The molecule has 2 fully saturated rings. The van der Waals surface area contributed by atoms with E-state index in [-0.39, 0.29) is 29.9 Å². The predicted octanol–water partition coefficient (Wildman–Crippen LogP) is 1.55. The summed E-state index contributed by atoms with van der Waals surface area (Å²) in [5.74, 6) is -1.00. The number of Topliss-reactive ketones (excluding diaryl/α,β-unsaturated/α-hetero) is 1. The van der Waals surface area contributed by atoms with E-state index in [1.54, 1.807) is 24.3 Å². The molecule has 0 spiro atoms. The third kappa shape index (κ3) is 1.56. The summed E-state index contributed by atoms with van der Waals surface area (Å²) in [6.45, 7) is 0. The van der Waals surface area contributed by atoms with Crippen molar-refractivity contribution in [3.8, 4) is 0 Å². The zero-order chi connectivity index (χ0) is 12.7. The summed E-state index contributed by atoms with van der Waals surface area (Å²) in [7, 11) is 0. The van der Waals surface area contributed by atoms with E-state index in [0.717, 1.165) is 0 Å². The molecule has 2 amide bonds. The topological polar surface area (TPSA) is 54.5 Å². The second-order valence-corrected chi connectivity index (χ2v) is 4.84. The molecule has 1 saturated carbocycles. The van der Waals surface area contributed by atoms with Gasteiger partial charge in [-0.2, -0.15) is 0 Å². The van der Waals surface area contributed by atoms with Crippen molar-refractivity contribution < 1.29 is 14.4 Å². The average molecular weight is 243 g/mol. The first kappa shape index (κ1) is 11.1. The summed E-state index contributed by atoms with van der Waals surface area (Å²) in [5, 5.41) is 0. The van der Waals surface area contributed by atoms with Crippen LogP contribution in [0.1, 0.15) is 19.3 Å². The lowest BCUT2D eigenvalue weighted by Gasteiger charge is -2.18. The molecule has 0 aromatic heterocycles. The van der Waals surface area contributed by atoms with E-state index in [1.165, 1.54) is 4.90 Å². The molecule has 1 aliphatic carbocycles. The van der Waals surface area contributed by atoms with E-state index < -0.39 is 5.92 Å². The van der Waals surface area contributed by atoms with Crippen LogP contribution in [0.3, 0.4) is 0 Å². The standard InChI is InChI=1S/C14H13NO3/c16-10-6-7-11-12(8-10)14(18)15(13(11)17)9-4-2-1-3-5-9/h1-5,11-12H,6-8H2/t11-,12+/m0/s1. The highest BCUT2D eigenvalue weighted by Gasteiger charge is 2.50. The number of carbonyl (C=O) groups excluding carboxylic acids is 3. The van der Waals surface area contributed by atoms with Gasteiger partial charge in [-0.3, -0.25) is 19.3 Å². The molecule has 1 heterocycles. The largest absolute Gasteiger partial charge is 0.300 e. The molecule has 3 rings (SSSR count). The van der Waals surface area contributed by atoms with Crippen LogP contribution in [-0.2, 0) is 14.4 Å². The van der Waals surface area contributed by atoms with Crippen molar-refractivity contribution in [2.45, 2.75) is 19.3 Å². The van der Waals surface area contributed by atoms with Gasteiger partial charge in [0.25, 0.3) is 0 Å². The summed E-state index contributed by atoms with van der Waals surface area (Å²) in [5.41, 5.74) is 0.606. The lowest BCUT2D eigenvalue weighted by molar-refractivity contribution is -0.129. The van der Waals surface area contributed by atoms with Crippen LogP contribution in [0.2, 0.25) is 0 Å². The minimum absolute atomic E-state index is 0.0901. The van der Waals surface area contributed by atoms with Crippen LogP contribution < -0.4 is 4.90 Å². The summed E-state index contributed by atoms with van der Waals surface area (Å²) in [4.78, 5) is 37.2. The molecule has 1 aliphatic heterocycles. The van der Waals surface area contributed by atoms with Crippen LogP contribution in [0.25, 0.3) is 0 Å². The fourth-order valence-electron chi connectivity index (χ4n) is 2.83. The minimum atomic E-state index is -0.432. The summed E-state index contributed by atoms with van der Waals surface area (Å²) >= 11 is 0. The summed E-state index contributed by atoms with van der Waals surface area (Å²) < 4.78 is 0. The van der Waals surface area contributed by atoms with E-state index in [4.69, 9.17) is 0 Å². The maximum atomic E-state index is 12.3. The van der Waals surface area contributed by atoms with E-state index in [9.17, 15) is 14.4 Å². The van der Waals surface area contributed by atoms with Gasteiger partial charge < -0.3 is 0 Å². The molecule has 0 radical (unpaired) electrons. The smallest absolute Gasteiger partial charge is 0.238 e. The van der Waals surface area contributed by atoms with Crippen molar-refractivity contribution in [2.75, 3.05) is 4.90 Å². The normalized spacial score (nSPS) is 27.6. The number of anilines is 1. The Kier molecular flexibility index (Phi) is 2.51. The van der Waals surface area contributed by atoms with Gasteiger partial charge in [0.05, 0.1) is 17.5 Å². The van der Waals surface area contributed by atoms with E-state index in [2.05, 4.69) is 0 Å².